The van der Waals surface area contributed by atoms with Gasteiger partial charge in [0.25, 0.3) is 5.91 Å². The fraction of sp³-hybridized carbons (Fsp3) is 0. The van der Waals surface area contributed by atoms with Crippen molar-refractivity contribution in [2.45, 2.75) is 9.79 Å². The maximum atomic E-state index is 12.2. The van der Waals surface area contributed by atoms with Crippen LogP contribution in [0.15, 0.2) is 64.4 Å². The van der Waals surface area contributed by atoms with E-state index >= 15 is 0 Å². The first kappa shape index (κ1) is 13.3. The van der Waals surface area contributed by atoms with Crippen LogP contribution in [0.3, 0.4) is 0 Å². The first-order valence-electron chi connectivity index (χ1n) is 5.43. The maximum absolute atomic E-state index is 12.2. The highest BCUT2D eigenvalue weighted by atomic mass is 32.2. The molecule has 97 valence electrons. The van der Waals surface area contributed by atoms with Gasteiger partial charge in [0.15, 0.2) is 0 Å². The van der Waals surface area contributed by atoms with Crippen LogP contribution in [-0.4, -0.2) is 14.3 Å². The monoisotopic (exact) mass is 275 g/mol. The van der Waals surface area contributed by atoms with E-state index in [-0.39, 0.29) is 15.4 Å². The standard InChI is InChI=1S/C13H11N2O3S/c14-15-13(16)10-6-8-12(9-7-10)19(17,18)11-4-2-1-3-5-11/h1-9,14H,(H,15,16). The number of benzene rings is 2. The van der Waals surface area contributed by atoms with Gasteiger partial charge in [0.05, 0.1) is 9.79 Å². The first-order valence-corrected chi connectivity index (χ1v) is 6.91. The van der Waals surface area contributed by atoms with Crippen molar-refractivity contribution in [1.82, 2.24) is 11.3 Å². The highest BCUT2D eigenvalue weighted by molar-refractivity contribution is 7.91. The SMILES string of the molecule is [NH]NC(=O)c1ccc(S(=O)(=O)c2ccccc2)cc1. The van der Waals surface area contributed by atoms with E-state index in [0.29, 0.717) is 0 Å². The summed E-state index contributed by atoms with van der Waals surface area (Å²) in [7, 11) is -3.57. The Balaban J connectivity index is 2.40. The van der Waals surface area contributed by atoms with Gasteiger partial charge in [-0.2, -0.15) is 5.84 Å². The van der Waals surface area contributed by atoms with Crippen molar-refractivity contribution in [2.24, 2.45) is 0 Å². The average molecular weight is 275 g/mol. The molecular formula is C13H11N2O3S. The largest absolute Gasteiger partial charge is 0.272 e. The van der Waals surface area contributed by atoms with Crippen molar-refractivity contribution < 1.29 is 13.2 Å². The van der Waals surface area contributed by atoms with Crippen LogP contribution in [0.25, 0.3) is 0 Å². The van der Waals surface area contributed by atoms with Gasteiger partial charge in [-0.05, 0) is 36.4 Å². The van der Waals surface area contributed by atoms with E-state index in [1.54, 1.807) is 23.6 Å². The van der Waals surface area contributed by atoms with Gasteiger partial charge in [-0.3, -0.25) is 10.2 Å². The molecule has 0 aromatic heterocycles. The molecule has 0 saturated carbocycles. The van der Waals surface area contributed by atoms with Crippen molar-refractivity contribution in [3.63, 3.8) is 0 Å². The smallest absolute Gasteiger partial charge is 0.266 e. The molecular weight excluding hydrogens is 264 g/mol. The van der Waals surface area contributed by atoms with Gasteiger partial charge in [0.1, 0.15) is 0 Å². The third kappa shape index (κ3) is 2.64. The number of nitrogens with one attached hydrogen (secondary N) is 2. The molecule has 0 aliphatic rings. The van der Waals surface area contributed by atoms with Crippen LogP contribution >= 0.6 is 0 Å². The summed E-state index contributed by atoms with van der Waals surface area (Å²) in [4.78, 5) is 11.5. The van der Waals surface area contributed by atoms with Crippen LogP contribution < -0.4 is 11.3 Å². The summed E-state index contributed by atoms with van der Waals surface area (Å²) in [6.45, 7) is 0. The van der Waals surface area contributed by atoms with Gasteiger partial charge in [0.2, 0.25) is 9.84 Å². The predicted molar refractivity (Wildman–Crippen MR) is 68.9 cm³/mol. The number of hydrogen-bond acceptors (Lipinski definition) is 3. The zero-order valence-electron chi connectivity index (χ0n) is 9.83. The van der Waals surface area contributed by atoms with Crippen LogP contribution in [0.2, 0.25) is 0 Å². The molecule has 0 aliphatic carbocycles. The number of amides is 1. The van der Waals surface area contributed by atoms with Gasteiger partial charge in [-0.25, -0.2) is 8.42 Å². The van der Waals surface area contributed by atoms with E-state index < -0.39 is 15.7 Å². The number of sulfone groups is 1. The van der Waals surface area contributed by atoms with E-state index in [0.717, 1.165) is 0 Å². The quantitative estimate of drug-likeness (QED) is 0.860. The molecule has 0 saturated heterocycles. The molecule has 2 rings (SSSR count). The normalized spacial score (nSPS) is 11.0. The molecule has 19 heavy (non-hydrogen) atoms. The van der Waals surface area contributed by atoms with Gasteiger partial charge < -0.3 is 0 Å². The van der Waals surface area contributed by atoms with Gasteiger partial charge >= 0.3 is 0 Å². The lowest BCUT2D eigenvalue weighted by Gasteiger charge is -2.05. The molecule has 0 unspecified atom stereocenters. The van der Waals surface area contributed by atoms with Crippen LogP contribution in [0.5, 0.6) is 0 Å². The van der Waals surface area contributed by atoms with Crippen LogP contribution in [0.4, 0.5) is 0 Å². The summed E-state index contributed by atoms with van der Waals surface area (Å²) < 4.78 is 24.5. The van der Waals surface area contributed by atoms with Crippen molar-refractivity contribution in [3.8, 4) is 0 Å². The van der Waals surface area contributed by atoms with Crippen LogP contribution in [0, 0.1) is 0 Å². The molecule has 0 heterocycles. The fourth-order valence-corrected chi connectivity index (χ4v) is 2.88. The van der Waals surface area contributed by atoms with E-state index in [1.807, 2.05) is 0 Å². The number of hydrogen-bond donors (Lipinski definition) is 1. The Labute approximate surface area is 111 Å². The minimum atomic E-state index is -3.57. The summed E-state index contributed by atoms with van der Waals surface area (Å²) in [6.07, 6.45) is 0. The second-order valence-electron chi connectivity index (χ2n) is 3.79. The van der Waals surface area contributed by atoms with E-state index in [4.69, 9.17) is 5.84 Å². The molecule has 2 aromatic rings. The Morgan fingerprint density at radius 1 is 0.895 bits per heavy atom. The summed E-state index contributed by atoms with van der Waals surface area (Å²) in [5, 5.41) is 0. The molecule has 2 aromatic carbocycles. The first-order chi connectivity index (χ1) is 9.05. The Morgan fingerprint density at radius 3 is 1.95 bits per heavy atom. The minimum absolute atomic E-state index is 0.111. The van der Waals surface area contributed by atoms with Crippen molar-refractivity contribution in [2.75, 3.05) is 0 Å². The molecule has 6 heteroatoms. The van der Waals surface area contributed by atoms with E-state index in [1.165, 1.54) is 36.4 Å². The molecule has 0 atom stereocenters. The molecule has 0 aliphatic heterocycles. The van der Waals surface area contributed by atoms with Crippen molar-refractivity contribution >= 4 is 15.7 Å². The fourth-order valence-electron chi connectivity index (χ4n) is 1.59. The molecule has 0 spiro atoms. The topological polar surface area (TPSA) is 87.0 Å². The van der Waals surface area contributed by atoms with Crippen molar-refractivity contribution in [1.29, 1.82) is 0 Å². The summed E-state index contributed by atoms with van der Waals surface area (Å²) in [5.41, 5.74) is 1.97. The zero-order valence-corrected chi connectivity index (χ0v) is 10.6. The molecule has 5 nitrogen and oxygen atoms in total. The predicted octanol–water partition coefficient (Wildman–Crippen LogP) is 1.45. The second-order valence-corrected chi connectivity index (χ2v) is 5.74. The van der Waals surface area contributed by atoms with E-state index in [9.17, 15) is 13.2 Å². The summed E-state index contributed by atoms with van der Waals surface area (Å²) >= 11 is 0. The van der Waals surface area contributed by atoms with Crippen molar-refractivity contribution in [3.05, 3.63) is 60.2 Å². The van der Waals surface area contributed by atoms with E-state index in [2.05, 4.69) is 0 Å². The lowest BCUT2D eigenvalue weighted by molar-refractivity contribution is 0.0950. The summed E-state index contributed by atoms with van der Waals surface area (Å²) in [6, 6.07) is 13.5. The summed E-state index contributed by atoms with van der Waals surface area (Å²) in [5.74, 6) is 6.16. The lowest BCUT2D eigenvalue weighted by Crippen LogP contribution is -2.20. The Bertz CT molecular complexity index is 680. The maximum Gasteiger partial charge on any atom is 0.266 e. The zero-order chi connectivity index (χ0) is 13.9. The third-order valence-electron chi connectivity index (χ3n) is 2.59. The number of carbonyl (C=O) groups excluding carboxylic acids is 1. The van der Waals surface area contributed by atoms with Gasteiger partial charge in [-0.1, -0.05) is 18.2 Å². The Hall–Kier alpha value is -2.18. The second kappa shape index (κ2) is 5.21. The lowest BCUT2D eigenvalue weighted by atomic mass is 10.2. The third-order valence-corrected chi connectivity index (χ3v) is 4.38. The molecule has 2 N–H and O–H groups in total. The molecule has 0 fully saturated rings. The van der Waals surface area contributed by atoms with Crippen LogP contribution in [0.1, 0.15) is 10.4 Å². The Kier molecular flexibility index (Phi) is 3.64. The molecule has 1 radical (unpaired) electrons. The minimum Gasteiger partial charge on any atom is -0.272 e. The highest BCUT2D eigenvalue weighted by Gasteiger charge is 2.17. The molecule has 1 amide bonds. The number of carbonyl (C=O) groups is 1. The Morgan fingerprint density at radius 2 is 1.42 bits per heavy atom. The average Bonchev–Trinajstić information content (AvgIpc) is 2.47. The van der Waals surface area contributed by atoms with Gasteiger partial charge in [-0.15, -0.1) is 0 Å². The van der Waals surface area contributed by atoms with Crippen LogP contribution in [-0.2, 0) is 9.84 Å². The molecule has 0 bridgehead atoms. The number of rotatable bonds is 3. The van der Waals surface area contributed by atoms with Gasteiger partial charge in [0, 0.05) is 5.56 Å². The highest BCUT2D eigenvalue weighted by Crippen LogP contribution is 2.20.